The van der Waals surface area contributed by atoms with Gasteiger partial charge in [-0.25, -0.2) is 0 Å². The number of aromatic nitrogens is 2. The summed E-state index contributed by atoms with van der Waals surface area (Å²) in [5.41, 5.74) is 2.78. The standard InChI is InChI=1S/C20H24N4O2/c1-25-14-18(16-6-4-5-11-21-16)22-15-9-12-24(13-10-15)20-23-17-7-2-3-8-19(17)26-20/h2-8,11,15,18,22H,9-10,12-14H2,1H3/t18-/m1/s1. The van der Waals surface area contributed by atoms with Crippen LogP contribution in [-0.4, -0.2) is 42.8 Å². The molecule has 0 amide bonds. The molecule has 1 aliphatic rings. The first-order valence-corrected chi connectivity index (χ1v) is 9.10. The Morgan fingerprint density at radius 2 is 2.00 bits per heavy atom. The second-order valence-electron chi connectivity index (χ2n) is 6.65. The van der Waals surface area contributed by atoms with Crippen LogP contribution in [-0.2, 0) is 4.74 Å². The normalized spacial score (nSPS) is 16.9. The Bertz CT molecular complexity index is 795. The van der Waals surface area contributed by atoms with Crippen LogP contribution in [0.15, 0.2) is 53.1 Å². The van der Waals surface area contributed by atoms with Crippen LogP contribution >= 0.6 is 0 Å². The molecular formula is C20H24N4O2. The zero-order valence-corrected chi connectivity index (χ0v) is 15.0. The third-order valence-corrected chi connectivity index (χ3v) is 4.86. The van der Waals surface area contributed by atoms with Crippen LogP contribution in [0.1, 0.15) is 24.6 Å². The van der Waals surface area contributed by atoms with Crippen molar-refractivity contribution in [3.63, 3.8) is 0 Å². The number of methoxy groups -OCH3 is 1. The van der Waals surface area contributed by atoms with Gasteiger partial charge in [-0.2, -0.15) is 4.98 Å². The predicted molar refractivity (Wildman–Crippen MR) is 101 cm³/mol. The van der Waals surface area contributed by atoms with Crippen molar-refractivity contribution in [2.24, 2.45) is 0 Å². The lowest BCUT2D eigenvalue weighted by atomic mass is 10.0. The number of fused-ring (bicyclic) bond motifs is 1. The summed E-state index contributed by atoms with van der Waals surface area (Å²) in [7, 11) is 1.73. The Kier molecular flexibility index (Phi) is 5.13. The molecule has 26 heavy (non-hydrogen) atoms. The van der Waals surface area contributed by atoms with E-state index in [0.717, 1.165) is 48.7 Å². The summed E-state index contributed by atoms with van der Waals surface area (Å²) >= 11 is 0. The Hall–Kier alpha value is -2.44. The zero-order chi connectivity index (χ0) is 17.8. The van der Waals surface area contributed by atoms with Crippen LogP contribution in [0.5, 0.6) is 0 Å². The van der Waals surface area contributed by atoms with E-state index in [4.69, 9.17) is 9.15 Å². The molecule has 3 heterocycles. The van der Waals surface area contributed by atoms with Crippen molar-refractivity contribution in [3.8, 4) is 0 Å². The molecule has 0 spiro atoms. The molecule has 136 valence electrons. The number of nitrogens with zero attached hydrogens (tertiary/aromatic N) is 3. The third-order valence-electron chi connectivity index (χ3n) is 4.86. The predicted octanol–water partition coefficient (Wildman–Crippen LogP) is 3.17. The maximum absolute atomic E-state index is 5.90. The fourth-order valence-electron chi connectivity index (χ4n) is 3.48. The van der Waals surface area contributed by atoms with Crippen molar-refractivity contribution >= 4 is 17.1 Å². The van der Waals surface area contributed by atoms with Gasteiger partial charge in [-0.15, -0.1) is 0 Å². The second kappa shape index (κ2) is 7.85. The Morgan fingerprint density at radius 1 is 1.19 bits per heavy atom. The summed E-state index contributed by atoms with van der Waals surface area (Å²) in [5, 5.41) is 3.71. The number of para-hydroxylation sites is 2. The minimum absolute atomic E-state index is 0.113. The van der Waals surface area contributed by atoms with Gasteiger partial charge in [0, 0.05) is 32.4 Å². The summed E-state index contributed by atoms with van der Waals surface area (Å²) in [5.74, 6) is 0. The van der Waals surface area contributed by atoms with Gasteiger partial charge in [0.2, 0.25) is 0 Å². The number of anilines is 1. The van der Waals surface area contributed by atoms with Crippen molar-refractivity contribution in [2.75, 3.05) is 31.7 Å². The van der Waals surface area contributed by atoms with E-state index in [1.165, 1.54) is 0 Å². The monoisotopic (exact) mass is 352 g/mol. The summed E-state index contributed by atoms with van der Waals surface area (Å²) < 4.78 is 11.3. The van der Waals surface area contributed by atoms with Crippen LogP contribution < -0.4 is 10.2 Å². The molecule has 1 atom stereocenters. The molecule has 3 aromatic rings. The fourth-order valence-corrected chi connectivity index (χ4v) is 3.48. The molecule has 1 N–H and O–H groups in total. The molecule has 0 aliphatic carbocycles. The van der Waals surface area contributed by atoms with Gasteiger partial charge in [0.1, 0.15) is 5.52 Å². The number of hydrogen-bond donors (Lipinski definition) is 1. The number of nitrogens with one attached hydrogen (secondary N) is 1. The SMILES string of the molecule is COC[C@@H](NC1CCN(c2nc3ccccc3o2)CC1)c1ccccn1. The van der Waals surface area contributed by atoms with E-state index >= 15 is 0 Å². The van der Waals surface area contributed by atoms with Crippen molar-refractivity contribution in [1.29, 1.82) is 0 Å². The molecule has 2 aromatic heterocycles. The molecule has 1 fully saturated rings. The average molecular weight is 352 g/mol. The van der Waals surface area contributed by atoms with Gasteiger partial charge in [-0.1, -0.05) is 18.2 Å². The first-order valence-electron chi connectivity index (χ1n) is 9.10. The number of ether oxygens (including phenoxy) is 1. The molecule has 0 saturated carbocycles. The molecule has 0 unspecified atom stereocenters. The average Bonchev–Trinajstić information content (AvgIpc) is 3.13. The lowest BCUT2D eigenvalue weighted by molar-refractivity contribution is 0.156. The maximum atomic E-state index is 5.90. The Morgan fingerprint density at radius 3 is 2.73 bits per heavy atom. The molecule has 1 aromatic carbocycles. The van der Waals surface area contributed by atoms with E-state index < -0.39 is 0 Å². The van der Waals surface area contributed by atoms with Crippen molar-refractivity contribution in [1.82, 2.24) is 15.3 Å². The number of pyridine rings is 1. The molecule has 1 saturated heterocycles. The highest BCUT2D eigenvalue weighted by Crippen LogP contribution is 2.25. The van der Waals surface area contributed by atoms with Gasteiger partial charge in [-0.05, 0) is 37.1 Å². The highest BCUT2D eigenvalue weighted by Gasteiger charge is 2.25. The maximum Gasteiger partial charge on any atom is 0.298 e. The topological polar surface area (TPSA) is 63.4 Å². The molecule has 6 heteroatoms. The fraction of sp³-hybridized carbons (Fsp3) is 0.400. The number of piperidine rings is 1. The molecule has 4 rings (SSSR count). The minimum Gasteiger partial charge on any atom is -0.423 e. The summed E-state index contributed by atoms with van der Waals surface area (Å²) in [4.78, 5) is 11.3. The van der Waals surface area contributed by atoms with Crippen molar-refractivity contribution in [3.05, 3.63) is 54.4 Å². The Balaban J connectivity index is 1.38. The highest BCUT2D eigenvalue weighted by molar-refractivity contribution is 5.74. The smallest absolute Gasteiger partial charge is 0.298 e. The first kappa shape index (κ1) is 17.0. The van der Waals surface area contributed by atoms with Crippen molar-refractivity contribution in [2.45, 2.75) is 24.9 Å². The molecule has 0 bridgehead atoms. The van der Waals surface area contributed by atoms with Crippen LogP contribution in [0, 0.1) is 0 Å². The lowest BCUT2D eigenvalue weighted by Gasteiger charge is -2.33. The largest absolute Gasteiger partial charge is 0.423 e. The van der Waals surface area contributed by atoms with Crippen LogP contribution in [0.4, 0.5) is 6.01 Å². The summed E-state index contributed by atoms with van der Waals surface area (Å²) in [6.07, 6.45) is 3.90. The van der Waals surface area contributed by atoms with Gasteiger partial charge in [0.15, 0.2) is 5.58 Å². The molecule has 0 radical (unpaired) electrons. The number of rotatable bonds is 6. The quantitative estimate of drug-likeness (QED) is 0.735. The number of benzene rings is 1. The lowest BCUT2D eigenvalue weighted by Crippen LogP contribution is -2.44. The molecule has 1 aliphatic heterocycles. The van der Waals surface area contributed by atoms with E-state index in [0.29, 0.717) is 12.6 Å². The minimum atomic E-state index is 0.113. The van der Waals surface area contributed by atoms with E-state index in [1.54, 1.807) is 7.11 Å². The van der Waals surface area contributed by atoms with E-state index in [-0.39, 0.29) is 6.04 Å². The van der Waals surface area contributed by atoms with Crippen LogP contribution in [0.25, 0.3) is 11.1 Å². The third kappa shape index (κ3) is 3.71. The van der Waals surface area contributed by atoms with E-state index in [9.17, 15) is 0 Å². The highest BCUT2D eigenvalue weighted by atomic mass is 16.5. The van der Waals surface area contributed by atoms with Crippen molar-refractivity contribution < 1.29 is 9.15 Å². The van der Waals surface area contributed by atoms with Gasteiger partial charge in [0.05, 0.1) is 18.3 Å². The zero-order valence-electron chi connectivity index (χ0n) is 15.0. The first-order chi connectivity index (χ1) is 12.8. The van der Waals surface area contributed by atoms with Gasteiger partial charge < -0.3 is 19.4 Å². The summed E-state index contributed by atoms with van der Waals surface area (Å²) in [6, 6.07) is 15.2. The molecule has 6 nitrogen and oxygen atoms in total. The van der Waals surface area contributed by atoms with E-state index in [1.807, 2.05) is 48.7 Å². The molecular weight excluding hydrogens is 328 g/mol. The van der Waals surface area contributed by atoms with Gasteiger partial charge >= 0.3 is 0 Å². The van der Waals surface area contributed by atoms with E-state index in [2.05, 4.69) is 20.2 Å². The number of oxazole rings is 1. The van der Waals surface area contributed by atoms with Crippen LogP contribution in [0.3, 0.4) is 0 Å². The summed E-state index contributed by atoms with van der Waals surface area (Å²) in [6.45, 7) is 2.46. The Labute approximate surface area is 153 Å². The van der Waals surface area contributed by atoms with Gasteiger partial charge in [0.25, 0.3) is 6.01 Å². The van der Waals surface area contributed by atoms with Gasteiger partial charge in [-0.3, -0.25) is 4.98 Å². The second-order valence-corrected chi connectivity index (χ2v) is 6.65. The number of hydrogen-bond acceptors (Lipinski definition) is 6. The van der Waals surface area contributed by atoms with Crippen LogP contribution in [0.2, 0.25) is 0 Å².